The molecule has 0 saturated carbocycles. The average Bonchev–Trinajstić information content (AvgIpc) is 3.42. The summed E-state index contributed by atoms with van der Waals surface area (Å²) >= 11 is 0. The van der Waals surface area contributed by atoms with Crippen molar-refractivity contribution in [3.8, 4) is 5.88 Å². The summed E-state index contributed by atoms with van der Waals surface area (Å²) in [4.78, 5) is 0. The highest BCUT2D eigenvalue weighted by Crippen LogP contribution is 2.59. The number of halogens is 1. The third-order valence-corrected chi connectivity index (χ3v) is 6.39. The lowest BCUT2D eigenvalue weighted by Gasteiger charge is -2.48. The zero-order valence-corrected chi connectivity index (χ0v) is 15.7. The zero-order valence-electron chi connectivity index (χ0n) is 15.0. The monoisotopic (exact) mass is 391 g/mol. The quantitative estimate of drug-likeness (QED) is 0.524. The van der Waals surface area contributed by atoms with Crippen LogP contribution in [0.2, 0.25) is 0 Å². The van der Waals surface area contributed by atoms with Crippen LogP contribution in [0.3, 0.4) is 0 Å². The lowest BCUT2D eigenvalue weighted by atomic mass is 9.54. The van der Waals surface area contributed by atoms with Crippen LogP contribution in [0.4, 0.5) is 0 Å². The fourth-order valence-corrected chi connectivity index (χ4v) is 5.39. The molecule has 1 aliphatic carbocycles. The summed E-state index contributed by atoms with van der Waals surface area (Å²) in [5.74, 6) is 0.367. The van der Waals surface area contributed by atoms with E-state index in [-0.39, 0.29) is 29.8 Å². The molecule has 0 amide bonds. The molecule has 28 heavy (non-hydrogen) atoms. The molecule has 0 spiro atoms. The van der Waals surface area contributed by atoms with E-state index in [1.54, 1.807) is 18.6 Å². The number of hydrogen-bond donors (Lipinski definition) is 1. The molecule has 0 fully saturated rings. The molecule has 1 aromatic carbocycles. The Morgan fingerprint density at radius 2 is 1.54 bits per heavy atom. The predicted molar refractivity (Wildman–Crippen MR) is 97.5 cm³/mol. The Balaban J connectivity index is 0.00000171. The fraction of sp³-hybridized carbons (Fsp3) is 0.174. The second-order valence-electron chi connectivity index (χ2n) is 7.46. The van der Waals surface area contributed by atoms with Gasteiger partial charge < -0.3 is 26.3 Å². The molecule has 2 bridgehead atoms. The van der Waals surface area contributed by atoms with Crippen molar-refractivity contribution in [2.45, 2.75) is 23.8 Å². The molecule has 3 aromatic heterocycles. The van der Waals surface area contributed by atoms with Crippen LogP contribution in [-0.4, -0.2) is 5.11 Å². The smallest absolute Gasteiger partial charge is 0.366 e. The van der Waals surface area contributed by atoms with Crippen LogP contribution in [0, 0.1) is 0 Å². The maximum absolute atomic E-state index is 10.7. The van der Waals surface area contributed by atoms with Crippen LogP contribution in [0.1, 0.15) is 46.3 Å². The van der Waals surface area contributed by atoms with Crippen molar-refractivity contribution in [2.24, 2.45) is 0 Å². The van der Waals surface area contributed by atoms with Gasteiger partial charge in [-0.05, 0) is 23.8 Å². The topological polar surface area (TPSA) is 50.4 Å². The van der Waals surface area contributed by atoms with E-state index in [1.165, 1.54) is 11.1 Å². The highest BCUT2D eigenvalue weighted by Gasteiger charge is 2.60. The predicted octanol–water partition coefficient (Wildman–Crippen LogP) is 1.29. The lowest BCUT2D eigenvalue weighted by Crippen LogP contribution is -3.00. The maximum atomic E-state index is 10.7. The van der Waals surface area contributed by atoms with Gasteiger partial charge in [0.2, 0.25) is 0 Å². The summed E-state index contributed by atoms with van der Waals surface area (Å²) in [6, 6.07) is 18.6. The van der Waals surface area contributed by atoms with Gasteiger partial charge in [-0.2, -0.15) is 4.57 Å². The van der Waals surface area contributed by atoms with E-state index in [9.17, 15) is 5.11 Å². The Hall–Kier alpha value is -2.98. The molecule has 5 heterocycles. The molecule has 2 atom stereocenters. The molecule has 5 heteroatoms. The largest absolute Gasteiger partial charge is 1.00 e. The molecule has 0 unspecified atom stereocenters. The molecule has 7 rings (SSSR count). The summed E-state index contributed by atoms with van der Waals surface area (Å²) in [5.41, 5.74) is 5.69. The Morgan fingerprint density at radius 1 is 0.857 bits per heavy atom. The molecular weight excluding hydrogens is 374 g/mol. The molecule has 3 aliphatic rings. The van der Waals surface area contributed by atoms with E-state index in [2.05, 4.69) is 47.0 Å². The first kappa shape index (κ1) is 17.1. The van der Waals surface area contributed by atoms with Crippen molar-refractivity contribution in [3.05, 3.63) is 108 Å². The summed E-state index contributed by atoms with van der Waals surface area (Å²) in [6.07, 6.45) is 8.01. The number of fused-ring (bicyclic) bond motifs is 1. The van der Waals surface area contributed by atoms with E-state index in [0.29, 0.717) is 5.88 Å². The number of nitrogens with zero attached hydrogens (tertiary/aromatic N) is 1. The van der Waals surface area contributed by atoms with Gasteiger partial charge in [-0.3, -0.25) is 0 Å². The molecule has 0 radical (unpaired) electrons. The van der Waals surface area contributed by atoms with Crippen LogP contribution in [0.25, 0.3) is 0 Å². The summed E-state index contributed by atoms with van der Waals surface area (Å²) < 4.78 is 13.1. The van der Waals surface area contributed by atoms with Crippen molar-refractivity contribution >= 4 is 0 Å². The van der Waals surface area contributed by atoms with Crippen LogP contribution in [0.15, 0.2) is 88.5 Å². The van der Waals surface area contributed by atoms with E-state index in [0.717, 1.165) is 23.2 Å². The summed E-state index contributed by atoms with van der Waals surface area (Å²) in [7, 11) is 0. The number of benzene rings is 1. The summed E-state index contributed by atoms with van der Waals surface area (Å²) in [6.45, 7) is 0. The van der Waals surface area contributed by atoms with Crippen molar-refractivity contribution in [1.82, 2.24) is 0 Å². The molecular formula is C23H18ClNO3. The van der Waals surface area contributed by atoms with E-state index < -0.39 is 0 Å². The van der Waals surface area contributed by atoms with Crippen LogP contribution < -0.4 is 17.0 Å². The third kappa shape index (κ3) is 1.98. The fourth-order valence-electron chi connectivity index (χ4n) is 5.39. The number of furan rings is 2. The minimum absolute atomic E-state index is 0. The molecule has 2 aliphatic heterocycles. The van der Waals surface area contributed by atoms with Gasteiger partial charge in [-0.15, -0.1) is 0 Å². The number of aromatic hydroxyl groups is 1. The van der Waals surface area contributed by atoms with Gasteiger partial charge in [0, 0.05) is 29.2 Å². The SMILES string of the molecule is Oc1cccc2[n+]1[C@@H]1CC(c3ccoc3)(c3ccoc3)[C@H]2c2ccccc21.[Cl-]. The Kier molecular flexibility index (Phi) is 3.68. The number of pyridine rings is 1. The molecule has 4 nitrogen and oxygen atoms in total. The van der Waals surface area contributed by atoms with Gasteiger partial charge in [0.15, 0.2) is 11.7 Å². The van der Waals surface area contributed by atoms with Gasteiger partial charge in [0.25, 0.3) is 0 Å². The van der Waals surface area contributed by atoms with Crippen molar-refractivity contribution in [1.29, 1.82) is 0 Å². The molecule has 140 valence electrons. The molecule has 0 saturated heterocycles. The third-order valence-electron chi connectivity index (χ3n) is 6.39. The first-order valence-corrected chi connectivity index (χ1v) is 9.18. The first-order valence-electron chi connectivity index (χ1n) is 9.18. The van der Waals surface area contributed by atoms with Crippen LogP contribution in [0.5, 0.6) is 5.88 Å². The van der Waals surface area contributed by atoms with E-state index in [1.807, 2.05) is 18.6 Å². The van der Waals surface area contributed by atoms with E-state index >= 15 is 0 Å². The van der Waals surface area contributed by atoms with Gasteiger partial charge >= 0.3 is 5.88 Å². The first-order chi connectivity index (χ1) is 13.3. The van der Waals surface area contributed by atoms with Crippen molar-refractivity contribution in [2.75, 3.05) is 0 Å². The van der Waals surface area contributed by atoms with Crippen molar-refractivity contribution < 1.29 is 30.9 Å². The minimum atomic E-state index is -0.299. The average molecular weight is 392 g/mol. The standard InChI is InChI=1S/C23H17NO3.ClH/c25-21-7-3-6-19-22-18-5-2-1-4-17(18)20(24(19)21)12-23(22,15-8-10-26-13-15)16-9-11-27-14-16;/h1-11,13-14,20,22H,12H2;1H/t20-,22+;/m1./s1. The van der Waals surface area contributed by atoms with Crippen molar-refractivity contribution in [3.63, 3.8) is 0 Å². The van der Waals surface area contributed by atoms with Gasteiger partial charge in [0.1, 0.15) is 0 Å². The van der Waals surface area contributed by atoms with Crippen LogP contribution in [-0.2, 0) is 5.41 Å². The van der Waals surface area contributed by atoms with Gasteiger partial charge in [0.05, 0.1) is 42.5 Å². The lowest BCUT2D eigenvalue weighted by molar-refractivity contribution is -0.737. The second kappa shape index (κ2) is 6.01. The Morgan fingerprint density at radius 3 is 2.18 bits per heavy atom. The molecule has 4 aromatic rings. The highest BCUT2D eigenvalue weighted by atomic mass is 35.5. The number of hydrogen-bond acceptors (Lipinski definition) is 3. The zero-order chi connectivity index (χ0) is 18.0. The Labute approximate surface area is 168 Å². The highest BCUT2D eigenvalue weighted by molar-refractivity contribution is 5.54. The van der Waals surface area contributed by atoms with Gasteiger partial charge in [-0.1, -0.05) is 24.3 Å². The molecule has 1 N–H and O–H groups in total. The Bertz CT molecular complexity index is 1100. The number of rotatable bonds is 2. The maximum Gasteiger partial charge on any atom is 0.366 e. The number of aromatic nitrogens is 1. The minimum Gasteiger partial charge on any atom is -1.00 e. The van der Waals surface area contributed by atoms with Gasteiger partial charge in [-0.25, -0.2) is 0 Å². The van der Waals surface area contributed by atoms with E-state index in [4.69, 9.17) is 8.83 Å². The summed E-state index contributed by atoms with van der Waals surface area (Å²) in [5, 5.41) is 10.7. The second-order valence-corrected chi connectivity index (χ2v) is 7.46. The normalized spacial score (nSPS) is 20.9. The van der Waals surface area contributed by atoms with Crippen LogP contribution >= 0.6 is 0 Å².